The van der Waals surface area contributed by atoms with E-state index in [0.29, 0.717) is 0 Å². The van der Waals surface area contributed by atoms with Crippen molar-refractivity contribution in [3.63, 3.8) is 0 Å². The van der Waals surface area contributed by atoms with Crippen LogP contribution in [0.2, 0.25) is 0 Å². The van der Waals surface area contributed by atoms with Crippen molar-refractivity contribution in [2.75, 3.05) is 0 Å². The molecular weight excluding hydrogens is 119 g/mol. The van der Waals surface area contributed by atoms with Gasteiger partial charge < -0.3 is 0 Å². The second kappa shape index (κ2) is 4.43. The second-order valence-electron chi connectivity index (χ2n) is 0.284. The lowest BCUT2D eigenvalue weighted by molar-refractivity contribution is 3.18. The number of rotatable bonds is 1. The highest BCUT2D eigenvalue weighted by Gasteiger charge is 1.56. The van der Waals surface area contributed by atoms with Gasteiger partial charge in [-0.2, -0.15) is 0 Å². The van der Waals surface area contributed by atoms with Crippen LogP contribution in [0.1, 0.15) is 0 Å². The molecule has 0 spiro atoms. The van der Waals surface area contributed by atoms with Gasteiger partial charge in [0.15, 0.2) is 0 Å². The summed E-state index contributed by atoms with van der Waals surface area (Å²) in [5.74, 6) is 0. The zero-order valence-electron chi connectivity index (χ0n) is 2.34. The molecule has 0 atom stereocenters. The highest BCUT2D eigenvalue weighted by Crippen LogP contribution is 2.13. The van der Waals surface area contributed by atoms with E-state index in [1.807, 2.05) is 0 Å². The maximum absolute atomic E-state index is 4.78. The zero-order valence-corrected chi connectivity index (χ0v) is 4.87. The molecule has 0 aromatic heterocycles. The van der Waals surface area contributed by atoms with Gasteiger partial charge in [-0.05, 0) is 28.4 Å². The maximum Gasteiger partial charge on any atom is 0.0568 e. The Kier molecular flexibility index (Phi) is 4.81. The molecule has 0 aliphatic carbocycles. The zero-order chi connectivity index (χ0) is 4.12. The van der Waals surface area contributed by atoms with E-state index >= 15 is 0 Å². The smallest absolute Gasteiger partial charge is 0.0568 e. The predicted molar refractivity (Wildman–Crippen MR) is 30.7 cm³/mol. The average Bonchev–Trinajstić information content (AvgIpc) is 1.41. The molecule has 0 amide bonds. The van der Waals surface area contributed by atoms with Gasteiger partial charge in [0.05, 0.1) is 6.56 Å². The Bertz CT molecular complexity index is 62.5. The summed E-state index contributed by atoms with van der Waals surface area (Å²) < 4.78 is 0. The van der Waals surface area contributed by atoms with Gasteiger partial charge in [0, 0.05) is 0 Å². The van der Waals surface area contributed by atoms with Crippen molar-refractivity contribution >= 4 is 29.7 Å². The third-order valence-electron chi connectivity index (χ3n) is 0.0900. The molecule has 0 unspecified atom stereocenters. The third-order valence-corrected chi connectivity index (χ3v) is 1.48. The van der Waals surface area contributed by atoms with Crippen LogP contribution in [0.3, 0.4) is 0 Å². The average molecular weight is 120 g/mol. The normalized spacial score (nSPS) is 7.00. The van der Waals surface area contributed by atoms with Gasteiger partial charge in [-0.25, -0.2) is 0 Å². The quantitative estimate of drug-likeness (QED) is 0.381. The van der Waals surface area contributed by atoms with Crippen LogP contribution < -0.4 is 0 Å². The van der Waals surface area contributed by atoms with Crippen molar-refractivity contribution in [2.24, 2.45) is 0 Å². The van der Waals surface area contributed by atoms with Gasteiger partial charge >= 0.3 is 0 Å². The summed E-state index contributed by atoms with van der Waals surface area (Å²) in [7, 11) is 0. The molecule has 0 bridgehead atoms. The molecule has 0 saturated heterocycles. The first-order valence-electron chi connectivity index (χ1n) is 0.858. The Labute approximate surface area is 41.9 Å². The molecule has 3 heteroatoms. The monoisotopic (exact) mass is 120 g/mol. The van der Waals surface area contributed by atoms with E-state index in [1.165, 1.54) is 11.4 Å². The SMILES string of the molecule is C#CSP=S. The molecule has 0 rings (SSSR count). The van der Waals surface area contributed by atoms with E-state index in [2.05, 4.69) is 17.1 Å². The fourth-order valence-corrected chi connectivity index (χ4v) is 0.581. The lowest BCUT2D eigenvalue weighted by atomic mass is 11.4. The standard InChI is InChI=1S/C2HPS2/c1-2-5-3-4/h1H. The lowest BCUT2D eigenvalue weighted by Crippen LogP contribution is -1.15. The van der Waals surface area contributed by atoms with Crippen LogP contribution in [-0.4, -0.2) is 0 Å². The van der Waals surface area contributed by atoms with E-state index in [1.54, 1.807) is 0 Å². The molecule has 26 valence electrons. The minimum Gasteiger partial charge on any atom is -0.107 e. The van der Waals surface area contributed by atoms with E-state index in [9.17, 15) is 0 Å². The molecule has 5 heavy (non-hydrogen) atoms. The number of hydrogen-bond donors (Lipinski definition) is 0. The Balaban J connectivity index is 2.75. The molecule has 0 nitrogen and oxygen atoms in total. The van der Waals surface area contributed by atoms with Crippen LogP contribution >= 0.6 is 17.9 Å². The minimum absolute atomic E-state index is 0.794. The number of terminal acetylenes is 1. The first kappa shape index (κ1) is 5.43. The Morgan fingerprint density at radius 1 is 2.00 bits per heavy atom. The van der Waals surface area contributed by atoms with Gasteiger partial charge in [-0.15, -0.1) is 6.42 Å². The minimum atomic E-state index is 0.794. The fourth-order valence-electron chi connectivity index (χ4n) is 0.0215. The summed E-state index contributed by atoms with van der Waals surface area (Å²) in [6.45, 7) is 0.794. The Morgan fingerprint density at radius 3 is 2.60 bits per heavy atom. The summed E-state index contributed by atoms with van der Waals surface area (Å²) in [4.78, 5) is 0. The molecular formula is C2HPS2. The second-order valence-corrected chi connectivity index (χ2v) is 3.19. The predicted octanol–water partition coefficient (Wildman–Crippen LogP) is 1.63. The lowest BCUT2D eigenvalue weighted by Gasteiger charge is -1.55. The maximum atomic E-state index is 4.78. The van der Waals surface area contributed by atoms with Crippen LogP contribution in [0.15, 0.2) is 0 Å². The Morgan fingerprint density at radius 2 is 2.60 bits per heavy atom. The third kappa shape index (κ3) is 4.43. The fraction of sp³-hybridized carbons (Fsp3) is 0. The van der Waals surface area contributed by atoms with Crippen LogP contribution in [0.4, 0.5) is 0 Å². The van der Waals surface area contributed by atoms with E-state index < -0.39 is 0 Å². The van der Waals surface area contributed by atoms with Crippen molar-refractivity contribution in [1.82, 2.24) is 0 Å². The van der Waals surface area contributed by atoms with Gasteiger partial charge in [-0.3, -0.25) is 0 Å². The summed E-state index contributed by atoms with van der Waals surface area (Å²) in [5, 5.41) is 2.32. The molecule has 0 aliphatic heterocycles. The van der Waals surface area contributed by atoms with Crippen LogP contribution in [0, 0.1) is 11.7 Å². The summed E-state index contributed by atoms with van der Waals surface area (Å²) >= 11 is 5.72. The van der Waals surface area contributed by atoms with E-state index in [0.717, 1.165) is 6.56 Å². The van der Waals surface area contributed by atoms with Crippen molar-refractivity contribution in [3.8, 4) is 11.7 Å². The molecule has 0 radical (unpaired) electrons. The topological polar surface area (TPSA) is 0 Å². The van der Waals surface area contributed by atoms with Crippen molar-refractivity contribution in [2.45, 2.75) is 0 Å². The van der Waals surface area contributed by atoms with Crippen LogP contribution in [0.5, 0.6) is 0 Å². The van der Waals surface area contributed by atoms with Crippen LogP contribution in [-0.2, 0) is 11.8 Å². The van der Waals surface area contributed by atoms with Crippen LogP contribution in [0.25, 0.3) is 0 Å². The van der Waals surface area contributed by atoms with Crippen molar-refractivity contribution < 1.29 is 0 Å². The van der Waals surface area contributed by atoms with Gasteiger partial charge in [0.25, 0.3) is 0 Å². The van der Waals surface area contributed by atoms with Crippen molar-refractivity contribution in [1.29, 1.82) is 0 Å². The Hall–Kier alpha value is 0.430. The molecule has 0 N–H and O–H groups in total. The number of hydrogen-bond acceptors (Lipinski definition) is 2. The summed E-state index contributed by atoms with van der Waals surface area (Å²) in [6, 6.07) is 0. The first-order chi connectivity index (χ1) is 2.41. The van der Waals surface area contributed by atoms with Gasteiger partial charge in [0.2, 0.25) is 0 Å². The molecule has 0 aromatic carbocycles. The highest BCUT2D eigenvalue weighted by molar-refractivity contribution is 8.60. The van der Waals surface area contributed by atoms with E-state index in [4.69, 9.17) is 6.42 Å². The summed E-state index contributed by atoms with van der Waals surface area (Å²) in [6.07, 6.45) is 4.78. The highest BCUT2D eigenvalue weighted by atomic mass is 32.9. The largest absolute Gasteiger partial charge is 0.107 e. The molecule has 0 saturated carbocycles. The molecule has 0 aliphatic rings. The molecule has 0 fully saturated rings. The first-order valence-corrected chi connectivity index (χ1v) is 4.19. The van der Waals surface area contributed by atoms with Gasteiger partial charge in [-0.1, -0.05) is 0 Å². The molecule has 0 heterocycles. The summed E-state index contributed by atoms with van der Waals surface area (Å²) in [5.41, 5.74) is 0. The molecule has 0 aromatic rings. The van der Waals surface area contributed by atoms with Crippen molar-refractivity contribution in [3.05, 3.63) is 0 Å². The van der Waals surface area contributed by atoms with E-state index in [-0.39, 0.29) is 0 Å². The van der Waals surface area contributed by atoms with Gasteiger partial charge in [0.1, 0.15) is 0 Å².